The molecule has 0 aromatic carbocycles. The van der Waals surface area contributed by atoms with Crippen LogP contribution in [0.3, 0.4) is 0 Å². The number of carbonyl (C=O) groups excluding carboxylic acids is 1. The Bertz CT molecular complexity index is 364. The van der Waals surface area contributed by atoms with E-state index in [1.54, 1.807) is 4.90 Å². The molecule has 2 aliphatic heterocycles. The Hall–Kier alpha value is -1.34. The highest BCUT2D eigenvalue weighted by Crippen LogP contribution is 2.15. The Morgan fingerprint density at radius 2 is 2.00 bits per heavy atom. The van der Waals surface area contributed by atoms with Crippen molar-refractivity contribution in [1.29, 1.82) is 0 Å². The largest absolute Gasteiger partial charge is 0.481 e. The number of hydrogen-bond donors (Lipinski definition) is 1. The maximum atomic E-state index is 12.6. The van der Waals surface area contributed by atoms with Crippen molar-refractivity contribution in [3.63, 3.8) is 0 Å². The topological polar surface area (TPSA) is 73.3 Å². The summed E-state index contributed by atoms with van der Waals surface area (Å²) in [7, 11) is 2.05. The Morgan fingerprint density at radius 3 is 2.75 bits per heavy atom. The van der Waals surface area contributed by atoms with E-state index in [-0.39, 0.29) is 18.5 Å². The SMILES string of the molecule is CN1CCCN(C(=O)N2CCOCC2CC(=O)O)CC1. The first-order valence-corrected chi connectivity index (χ1v) is 7.11. The van der Waals surface area contributed by atoms with Gasteiger partial charge in [-0.2, -0.15) is 0 Å². The second-order valence-corrected chi connectivity index (χ2v) is 5.45. The smallest absolute Gasteiger partial charge is 0.320 e. The zero-order valence-corrected chi connectivity index (χ0v) is 12.0. The van der Waals surface area contributed by atoms with Crippen molar-refractivity contribution >= 4 is 12.0 Å². The number of carboxylic acid groups (broad SMARTS) is 1. The number of carboxylic acids is 1. The normalized spacial score (nSPS) is 25.4. The molecule has 2 heterocycles. The summed E-state index contributed by atoms with van der Waals surface area (Å²) in [6, 6.07) is -0.399. The number of amides is 2. The lowest BCUT2D eigenvalue weighted by molar-refractivity contribution is -0.139. The van der Waals surface area contributed by atoms with Crippen LogP contribution in [0.2, 0.25) is 0 Å². The van der Waals surface area contributed by atoms with Crippen LogP contribution in [0, 0.1) is 0 Å². The first kappa shape index (κ1) is 15.1. The number of rotatable bonds is 2. The van der Waals surface area contributed by atoms with E-state index in [9.17, 15) is 9.59 Å². The van der Waals surface area contributed by atoms with E-state index in [0.29, 0.717) is 26.3 Å². The van der Waals surface area contributed by atoms with Gasteiger partial charge in [-0.1, -0.05) is 0 Å². The van der Waals surface area contributed by atoms with Crippen LogP contribution in [0.25, 0.3) is 0 Å². The van der Waals surface area contributed by atoms with Gasteiger partial charge >= 0.3 is 12.0 Å². The van der Waals surface area contributed by atoms with Gasteiger partial charge in [-0.3, -0.25) is 4.79 Å². The van der Waals surface area contributed by atoms with Crippen LogP contribution in [0.5, 0.6) is 0 Å². The third kappa shape index (κ3) is 3.83. The third-order valence-corrected chi connectivity index (χ3v) is 3.87. The zero-order valence-electron chi connectivity index (χ0n) is 12.0. The minimum absolute atomic E-state index is 0.0464. The molecule has 0 bridgehead atoms. The van der Waals surface area contributed by atoms with E-state index < -0.39 is 5.97 Å². The summed E-state index contributed by atoms with van der Waals surface area (Å²) in [5.74, 6) is -0.895. The Kier molecular flexibility index (Phi) is 5.19. The summed E-state index contributed by atoms with van der Waals surface area (Å²) in [5, 5.41) is 8.94. The fourth-order valence-corrected chi connectivity index (χ4v) is 2.70. The van der Waals surface area contributed by atoms with Crippen molar-refractivity contribution in [2.24, 2.45) is 0 Å². The molecule has 0 aliphatic carbocycles. The number of nitrogens with zero attached hydrogens (tertiary/aromatic N) is 3. The average Bonchev–Trinajstić information content (AvgIpc) is 2.63. The molecular formula is C13H23N3O4. The lowest BCUT2D eigenvalue weighted by atomic mass is 10.1. The van der Waals surface area contributed by atoms with Gasteiger partial charge in [0.1, 0.15) is 0 Å². The minimum Gasteiger partial charge on any atom is -0.481 e. The Morgan fingerprint density at radius 1 is 1.20 bits per heavy atom. The molecule has 7 heteroatoms. The maximum Gasteiger partial charge on any atom is 0.320 e. The first-order chi connectivity index (χ1) is 9.58. The van der Waals surface area contributed by atoms with Gasteiger partial charge < -0.3 is 24.5 Å². The quantitative estimate of drug-likeness (QED) is 0.768. The highest BCUT2D eigenvalue weighted by atomic mass is 16.5. The monoisotopic (exact) mass is 285 g/mol. The number of carbonyl (C=O) groups is 2. The lowest BCUT2D eigenvalue weighted by Crippen LogP contribution is -2.54. The van der Waals surface area contributed by atoms with Crippen molar-refractivity contribution in [3.05, 3.63) is 0 Å². The number of likely N-dealkylation sites (N-methyl/N-ethyl adjacent to an activating group) is 1. The fraction of sp³-hybridized carbons (Fsp3) is 0.846. The van der Waals surface area contributed by atoms with Gasteiger partial charge in [0.15, 0.2) is 0 Å². The molecule has 0 aromatic heterocycles. The van der Waals surface area contributed by atoms with Crippen LogP contribution >= 0.6 is 0 Å². The van der Waals surface area contributed by atoms with E-state index in [1.807, 2.05) is 4.90 Å². The predicted molar refractivity (Wildman–Crippen MR) is 72.6 cm³/mol. The van der Waals surface area contributed by atoms with Crippen LogP contribution in [0.15, 0.2) is 0 Å². The molecule has 1 N–H and O–H groups in total. The molecule has 2 aliphatic rings. The van der Waals surface area contributed by atoms with Crippen LogP contribution in [-0.4, -0.2) is 90.8 Å². The summed E-state index contributed by atoms with van der Waals surface area (Å²) in [4.78, 5) is 29.2. The first-order valence-electron chi connectivity index (χ1n) is 7.11. The van der Waals surface area contributed by atoms with Gasteiger partial charge in [0, 0.05) is 26.2 Å². The van der Waals surface area contributed by atoms with Crippen molar-refractivity contribution in [3.8, 4) is 0 Å². The van der Waals surface area contributed by atoms with E-state index in [1.165, 1.54) is 0 Å². The number of hydrogen-bond acceptors (Lipinski definition) is 4. The third-order valence-electron chi connectivity index (χ3n) is 3.87. The molecule has 2 rings (SSSR count). The van der Waals surface area contributed by atoms with Gasteiger partial charge in [-0.15, -0.1) is 0 Å². The highest BCUT2D eigenvalue weighted by Gasteiger charge is 2.32. The molecule has 2 amide bonds. The minimum atomic E-state index is -0.895. The Balaban J connectivity index is 1.99. The molecule has 7 nitrogen and oxygen atoms in total. The van der Waals surface area contributed by atoms with E-state index in [4.69, 9.17) is 9.84 Å². The number of ether oxygens (including phenoxy) is 1. The zero-order chi connectivity index (χ0) is 14.5. The van der Waals surface area contributed by atoms with Gasteiger partial charge in [0.05, 0.1) is 25.7 Å². The van der Waals surface area contributed by atoms with E-state index >= 15 is 0 Å². The lowest BCUT2D eigenvalue weighted by Gasteiger charge is -2.38. The summed E-state index contributed by atoms with van der Waals surface area (Å²) >= 11 is 0. The molecule has 0 aromatic rings. The number of urea groups is 1. The molecule has 0 spiro atoms. The molecule has 20 heavy (non-hydrogen) atoms. The van der Waals surface area contributed by atoms with Gasteiger partial charge in [0.25, 0.3) is 0 Å². The van der Waals surface area contributed by atoms with Crippen LogP contribution in [0.4, 0.5) is 4.79 Å². The molecule has 0 saturated carbocycles. The summed E-state index contributed by atoms with van der Waals surface area (Å²) in [6.07, 6.45) is 0.898. The number of morpholine rings is 1. The van der Waals surface area contributed by atoms with Crippen molar-refractivity contribution in [2.45, 2.75) is 18.9 Å². The van der Waals surface area contributed by atoms with E-state index in [2.05, 4.69) is 11.9 Å². The van der Waals surface area contributed by atoms with Gasteiger partial charge in [-0.05, 0) is 20.0 Å². The molecule has 114 valence electrons. The van der Waals surface area contributed by atoms with E-state index in [0.717, 1.165) is 26.1 Å². The molecular weight excluding hydrogens is 262 g/mol. The molecule has 0 radical (unpaired) electrons. The predicted octanol–water partition coefficient (Wildman–Crippen LogP) is -0.0806. The number of aliphatic carboxylic acids is 1. The van der Waals surface area contributed by atoms with Crippen molar-refractivity contribution in [2.75, 3.05) is 53.0 Å². The molecule has 1 unspecified atom stereocenters. The molecule has 1 atom stereocenters. The van der Waals surface area contributed by atoms with Crippen molar-refractivity contribution < 1.29 is 19.4 Å². The summed E-state index contributed by atoms with van der Waals surface area (Å²) in [6.45, 7) is 4.56. The Labute approximate surface area is 119 Å². The van der Waals surface area contributed by atoms with Gasteiger partial charge in [0.2, 0.25) is 0 Å². The second-order valence-electron chi connectivity index (χ2n) is 5.45. The van der Waals surface area contributed by atoms with Crippen LogP contribution in [0.1, 0.15) is 12.8 Å². The maximum absolute atomic E-state index is 12.6. The fourth-order valence-electron chi connectivity index (χ4n) is 2.70. The highest BCUT2D eigenvalue weighted by molar-refractivity contribution is 5.76. The van der Waals surface area contributed by atoms with Crippen molar-refractivity contribution in [1.82, 2.24) is 14.7 Å². The second kappa shape index (κ2) is 6.90. The van der Waals surface area contributed by atoms with Gasteiger partial charge in [-0.25, -0.2) is 4.79 Å². The summed E-state index contributed by atoms with van der Waals surface area (Å²) < 4.78 is 5.31. The molecule has 2 saturated heterocycles. The summed E-state index contributed by atoms with van der Waals surface area (Å²) in [5.41, 5.74) is 0. The molecule has 2 fully saturated rings. The van der Waals surface area contributed by atoms with Crippen LogP contribution in [-0.2, 0) is 9.53 Å². The van der Waals surface area contributed by atoms with Crippen LogP contribution < -0.4 is 0 Å². The average molecular weight is 285 g/mol. The standard InChI is InChI=1S/C13H23N3O4/c1-14-3-2-4-15(6-5-14)13(19)16-7-8-20-10-11(16)9-12(17)18/h11H,2-10H2,1H3,(H,17,18).